The summed E-state index contributed by atoms with van der Waals surface area (Å²) in [5, 5.41) is 2.92. The maximum absolute atomic E-state index is 14.1. The highest BCUT2D eigenvalue weighted by Crippen LogP contribution is 2.32. The summed E-state index contributed by atoms with van der Waals surface area (Å²) in [5.41, 5.74) is -0.0231. The standard InChI is InChI=1S/C31H36F3N3O5S/c1-5-22(2)35-30(39)28(18-23-11-7-6-8-12-23)36(20-24-13-9-16-27(17-24)42-3)29(38)21-37(43(4,40)41)26-15-10-14-25(19-26)31(32,33)34/h6-17,19,22,28H,5,18,20-21H2,1-4H3,(H,35,39)/t22-,28-/m0/s1. The molecule has 2 amide bonds. The number of carbonyl (C=O) groups excluding carboxylic acids is 2. The third-order valence-corrected chi connectivity index (χ3v) is 8.04. The van der Waals surface area contributed by atoms with Crippen molar-refractivity contribution < 1.29 is 35.9 Å². The maximum Gasteiger partial charge on any atom is 0.416 e. The molecular weight excluding hydrogens is 583 g/mol. The largest absolute Gasteiger partial charge is 0.497 e. The van der Waals surface area contributed by atoms with Gasteiger partial charge in [0.2, 0.25) is 21.8 Å². The Morgan fingerprint density at radius 1 is 0.953 bits per heavy atom. The second-order valence-electron chi connectivity index (χ2n) is 10.2. The molecule has 43 heavy (non-hydrogen) atoms. The number of hydrogen-bond donors (Lipinski definition) is 1. The lowest BCUT2D eigenvalue weighted by molar-refractivity contribution is -0.140. The molecule has 0 fully saturated rings. The summed E-state index contributed by atoms with van der Waals surface area (Å²) in [6.45, 7) is 2.80. The summed E-state index contributed by atoms with van der Waals surface area (Å²) in [6, 6.07) is 18.4. The van der Waals surface area contributed by atoms with Gasteiger partial charge in [-0.2, -0.15) is 13.2 Å². The quantitative estimate of drug-likeness (QED) is 0.290. The van der Waals surface area contributed by atoms with Crippen LogP contribution in [-0.4, -0.2) is 57.1 Å². The van der Waals surface area contributed by atoms with Crippen LogP contribution in [0.3, 0.4) is 0 Å². The molecule has 0 saturated carbocycles. The first kappa shape index (κ1) is 33.4. The minimum Gasteiger partial charge on any atom is -0.497 e. The zero-order chi connectivity index (χ0) is 31.8. The van der Waals surface area contributed by atoms with E-state index >= 15 is 0 Å². The van der Waals surface area contributed by atoms with Gasteiger partial charge in [-0.15, -0.1) is 0 Å². The Kier molecular flexibility index (Phi) is 11.2. The summed E-state index contributed by atoms with van der Waals surface area (Å²) in [6.07, 6.45) is -3.17. The SMILES string of the molecule is CC[C@H](C)NC(=O)[C@H](Cc1ccccc1)N(Cc1cccc(OC)c1)C(=O)CN(c1cccc(C(F)(F)F)c1)S(C)(=O)=O. The van der Waals surface area contributed by atoms with Crippen LogP contribution in [0.2, 0.25) is 0 Å². The average Bonchev–Trinajstić information content (AvgIpc) is 2.97. The van der Waals surface area contributed by atoms with Gasteiger partial charge in [0.25, 0.3) is 0 Å². The van der Waals surface area contributed by atoms with Gasteiger partial charge in [0.05, 0.1) is 24.6 Å². The second-order valence-corrected chi connectivity index (χ2v) is 12.1. The molecule has 3 aromatic rings. The van der Waals surface area contributed by atoms with Gasteiger partial charge in [-0.1, -0.05) is 55.5 Å². The van der Waals surface area contributed by atoms with E-state index in [1.807, 2.05) is 32.0 Å². The van der Waals surface area contributed by atoms with E-state index in [-0.39, 0.29) is 24.7 Å². The molecule has 8 nitrogen and oxygen atoms in total. The molecule has 2 atom stereocenters. The van der Waals surface area contributed by atoms with E-state index in [1.54, 1.807) is 36.4 Å². The molecule has 1 N–H and O–H groups in total. The van der Waals surface area contributed by atoms with Crippen LogP contribution in [0.25, 0.3) is 0 Å². The number of amides is 2. The topological polar surface area (TPSA) is 96.0 Å². The number of rotatable bonds is 13. The van der Waals surface area contributed by atoms with Gasteiger partial charge < -0.3 is 15.0 Å². The fraction of sp³-hybridized carbons (Fsp3) is 0.355. The van der Waals surface area contributed by atoms with Gasteiger partial charge in [0.15, 0.2) is 0 Å². The van der Waals surface area contributed by atoms with Crippen molar-refractivity contribution in [3.63, 3.8) is 0 Å². The molecule has 0 bridgehead atoms. The highest BCUT2D eigenvalue weighted by atomic mass is 32.2. The van der Waals surface area contributed by atoms with E-state index in [0.717, 1.165) is 24.0 Å². The lowest BCUT2D eigenvalue weighted by atomic mass is 10.0. The number of sulfonamides is 1. The van der Waals surface area contributed by atoms with Crippen LogP contribution in [0.4, 0.5) is 18.9 Å². The lowest BCUT2D eigenvalue weighted by Crippen LogP contribution is -2.54. The van der Waals surface area contributed by atoms with Gasteiger partial charge >= 0.3 is 6.18 Å². The average molecular weight is 620 g/mol. The van der Waals surface area contributed by atoms with E-state index in [0.29, 0.717) is 28.1 Å². The molecule has 12 heteroatoms. The number of halogens is 3. The summed E-state index contributed by atoms with van der Waals surface area (Å²) >= 11 is 0. The Morgan fingerprint density at radius 2 is 1.60 bits per heavy atom. The highest BCUT2D eigenvalue weighted by Gasteiger charge is 2.35. The zero-order valence-corrected chi connectivity index (χ0v) is 25.3. The summed E-state index contributed by atoms with van der Waals surface area (Å²) in [7, 11) is -2.74. The number of carbonyl (C=O) groups is 2. The third kappa shape index (κ3) is 9.47. The van der Waals surface area contributed by atoms with Crippen molar-refractivity contribution >= 4 is 27.5 Å². The molecule has 0 unspecified atom stereocenters. The van der Waals surface area contributed by atoms with Crippen LogP contribution < -0.4 is 14.4 Å². The summed E-state index contributed by atoms with van der Waals surface area (Å²) in [5.74, 6) is -0.708. The number of alkyl halides is 3. The van der Waals surface area contributed by atoms with Crippen molar-refractivity contribution in [1.82, 2.24) is 10.2 Å². The molecule has 0 aromatic heterocycles. The molecule has 0 aliphatic heterocycles. The summed E-state index contributed by atoms with van der Waals surface area (Å²) < 4.78 is 72.0. The zero-order valence-electron chi connectivity index (χ0n) is 24.5. The molecule has 0 aliphatic carbocycles. The minimum absolute atomic E-state index is 0.0956. The van der Waals surface area contributed by atoms with E-state index < -0.39 is 46.2 Å². The number of hydrogen-bond acceptors (Lipinski definition) is 5. The van der Waals surface area contributed by atoms with Crippen molar-refractivity contribution in [2.45, 2.75) is 51.5 Å². The Labute approximate surface area is 250 Å². The third-order valence-electron chi connectivity index (χ3n) is 6.90. The molecule has 232 valence electrons. The number of nitrogens with zero attached hydrogens (tertiary/aromatic N) is 2. The van der Waals surface area contributed by atoms with Crippen LogP contribution in [0.1, 0.15) is 37.0 Å². The molecule has 0 heterocycles. The molecule has 3 aromatic carbocycles. The highest BCUT2D eigenvalue weighted by molar-refractivity contribution is 7.92. The minimum atomic E-state index is -4.73. The fourth-order valence-electron chi connectivity index (χ4n) is 4.41. The van der Waals surface area contributed by atoms with Crippen LogP contribution in [0.15, 0.2) is 78.9 Å². The molecule has 0 aliphatic rings. The maximum atomic E-state index is 14.1. The first-order valence-electron chi connectivity index (χ1n) is 13.6. The van der Waals surface area contributed by atoms with E-state index in [2.05, 4.69) is 5.32 Å². The van der Waals surface area contributed by atoms with Crippen molar-refractivity contribution in [2.75, 3.05) is 24.2 Å². The van der Waals surface area contributed by atoms with Gasteiger partial charge in [0.1, 0.15) is 18.3 Å². The van der Waals surface area contributed by atoms with Crippen molar-refractivity contribution in [1.29, 1.82) is 0 Å². The van der Waals surface area contributed by atoms with Crippen LogP contribution >= 0.6 is 0 Å². The first-order chi connectivity index (χ1) is 20.2. The normalized spacial score (nSPS) is 13.1. The number of methoxy groups -OCH3 is 1. The van der Waals surface area contributed by atoms with Gasteiger partial charge in [-0.3, -0.25) is 13.9 Å². The smallest absolute Gasteiger partial charge is 0.416 e. The molecule has 0 radical (unpaired) electrons. The second kappa shape index (κ2) is 14.4. The number of benzene rings is 3. The predicted molar refractivity (Wildman–Crippen MR) is 159 cm³/mol. The van der Waals surface area contributed by atoms with Crippen molar-refractivity contribution in [2.24, 2.45) is 0 Å². The number of anilines is 1. The lowest BCUT2D eigenvalue weighted by Gasteiger charge is -2.34. The number of nitrogens with one attached hydrogen (secondary N) is 1. The Bertz CT molecular complexity index is 1500. The molecular formula is C31H36F3N3O5S. The van der Waals surface area contributed by atoms with Crippen LogP contribution in [0.5, 0.6) is 5.75 Å². The van der Waals surface area contributed by atoms with Crippen LogP contribution in [-0.2, 0) is 38.8 Å². The van der Waals surface area contributed by atoms with E-state index in [4.69, 9.17) is 4.74 Å². The van der Waals surface area contributed by atoms with Gasteiger partial charge in [-0.05, 0) is 54.8 Å². The van der Waals surface area contributed by atoms with Crippen molar-refractivity contribution in [3.05, 3.63) is 95.6 Å². The number of ether oxygens (including phenoxy) is 1. The van der Waals surface area contributed by atoms with E-state index in [9.17, 15) is 31.2 Å². The van der Waals surface area contributed by atoms with Gasteiger partial charge in [0, 0.05) is 19.0 Å². The Morgan fingerprint density at radius 3 is 2.21 bits per heavy atom. The monoisotopic (exact) mass is 619 g/mol. The van der Waals surface area contributed by atoms with E-state index in [1.165, 1.54) is 18.1 Å². The van der Waals surface area contributed by atoms with Gasteiger partial charge in [-0.25, -0.2) is 8.42 Å². The Hall–Kier alpha value is -4.06. The summed E-state index contributed by atoms with van der Waals surface area (Å²) in [4.78, 5) is 29.1. The Balaban J connectivity index is 2.10. The first-order valence-corrected chi connectivity index (χ1v) is 15.5. The molecule has 0 spiro atoms. The molecule has 3 rings (SSSR count). The predicted octanol–water partition coefficient (Wildman–Crippen LogP) is 5.03. The van der Waals surface area contributed by atoms with Crippen molar-refractivity contribution in [3.8, 4) is 5.75 Å². The fourth-order valence-corrected chi connectivity index (χ4v) is 5.26. The molecule has 0 saturated heterocycles. The van der Waals surface area contributed by atoms with Crippen LogP contribution in [0, 0.1) is 0 Å².